The molecule has 3 rings (SSSR count). The molecule has 0 radical (unpaired) electrons. The van der Waals surface area contributed by atoms with E-state index in [-0.39, 0.29) is 5.91 Å². The molecule has 0 aromatic carbocycles. The third-order valence-electron chi connectivity index (χ3n) is 2.31. The Morgan fingerprint density at radius 2 is 2.29 bits per heavy atom. The molecule has 0 atom stereocenters. The Kier molecular flexibility index (Phi) is 2.45. The Labute approximate surface area is 105 Å². The monoisotopic (exact) mass is 263 g/mol. The lowest BCUT2D eigenvalue weighted by Crippen LogP contribution is -2.10. The number of amides is 1. The van der Waals surface area contributed by atoms with Crippen LogP contribution in [-0.2, 0) is 0 Å². The summed E-state index contributed by atoms with van der Waals surface area (Å²) in [4.78, 5) is 12.7. The average molecular weight is 263 g/mol. The number of anilines is 1. The second-order valence-corrected chi connectivity index (χ2v) is 5.68. The highest BCUT2D eigenvalue weighted by Crippen LogP contribution is 2.30. The molecule has 0 saturated carbocycles. The molecule has 0 aliphatic heterocycles. The van der Waals surface area contributed by atoms with Gasteiger partial charge in [0.25, 0.3) is 5.91 Å². The van der Waals surface area contributed by atoms with E-state index in [1.54, 1.807) is 17.4 Å². The van der Waals surface area contributed by atoms with Gasteiger partial charge in [-0.1, -0.05) is 0 Å². The Balaban J connectivity index is 1.84. The molecule has 2 N–H and O–H groups in total. The zero-order valence-corrected chi connectivity index (χ0v) is 10.6. The van der Waals surface area contributed by atoms with Crippen LogP contribution in [0.2, 0.25) is 0 Å². The van der Waals surface area contributed by atoms with Gasteiger partial charge >= 0.3 is 0 Å². The molecule has 4 nitrogen and oxygen atoms in total. The number of aryl methyl sites for hydroxylation is 1. The predicted octanol–water partition coefficient (Wildman–Crippen LogP) is 3.25. The van der Waals surface area contributed by atoms with Gasteiger partial charge in [-0.3, -0.25) is 9.89 Å². The number of rotatable bonds is 2. The van der Waals surface area contributed by atoms with Crippen LogP contribution >= 0.6 is 22.7 Å². The molecule has 6 heteroatoms. The van der Waals surface area contributed by atoms with Crippen molar-refractivity contribution >= 4 is 43.8 Å². The van der Waals surface area contributed by atoms with Gasteiger partial charge in [0, 0.05) is 21.2 Å². The first-order valence-corrected chi connectivity index (χ1v) is 6.72. The second kappa shape index (κ2) is 3.97. The number of nitrogens with one attached hydrogen (secondary N) is 2. The minimum atomic E-state index is -0.107. The van der Waals surface area contributed by atoms with Crippen LogP contribution in [0.4, 0.5) is 5.82 Å². The molecule has 0 aliphatic rings. The zero-order chi connectivity index (χ0) is 11.8. The van der Waals surface area contributed by atoms with Crippen LogP contribution in [0, 0.1) is 6.92 Å². The van der Waals surface area contributed by atoms with Crippen LogP contribution in [-0.4, -0.2) is 16.1 Å². The minimum absolute atomic E-state index is 0.107. The molecule has 3 heterocycles. The van der Waals surface area contributed by atoms with Gasteiger partial charge in [0.1, 0.15) is 0 Å². The van der Waals surface area contributed by atoms with E-state index in [1.165, 1.54) is 11.3 Å². The fourth-order valence-electron chi connectivity index (χ4n) is 1.54. The SMILES string of the molecule is Cc1cc(NC(=O)c2cc3sccc3s2)n[nH]1. The second-order valence-electron chi connectivity index (χ2n) is 3.65. The highest BCUT2D eigenvalue weighted by atomic mass is 32.1. The van der Waals surface area contributed by atoms with Gasteiger partial charge in [-0.15, -0.1) is 22.7 Å². The predicted molar refractivity (Wildman–Crippen MR) is 71.0 cm³/mol. The van der Waals surface area contributed by atoms with E-state index < -0.39 is 0 Å². The van der Waals surface area contributed by atoms with Gasteiger partial charge < -0.3 is 5.32 Å². The normalized spacial score (nSPS) is 10.9. The lowest BCUT2D eigenvalue weighted by Gasteiger charge is -1.97. The first-order valence-electron chi connectivity index (χ1n) is 5.03. The van der Waals surface area contributed by atoms with Crippen LogP contribution in [0.1, 0.15) is 15.4 Å². The van der Waals surface area contributed by atoms with Gasteiger partial charge in [-0.2, -0.15) is 5.10 Å². The van der Waals surface area contributed by atoms with Crippen molar-refractivity contribution in [1.29, 1.82) is 0 Å². The molecule has 17 heavy (non-hydrogen) atoms. The smallest absolute Gasteiger partial charge is 0.267 e. The van der Waals surface area contributed by atoms with E-state index in [2.05, 4.69) is 15.5 Å². The number of aromatic nitrogens is 2. The molecule has 0 saturated heterocycles. The number of aromatic amines is 1. The number of fused-ring (bicyclic) bond motifs is 1. The Bertz CT molecular complexity index is 651. The number of nitrogens with zero attached hydrogens (tertiary/aromatic N) is 1. The van der Waals surface area contributed by atoms with Gasteiger partial charge in [0.15, 0.2) is 5.82 Å². The fourth-order valence-corrected chi connectivity index (χ4v) is 3.54. The van der Waals surface area contributed by atoms with Crippen molar-refractivity contribution in [2.45, 2.75) is 6.92 Å². The Morgan fingerprint density at radius 1 is 1.41 bits per heavy atom. The molecular weight excluding hydrogens is 254 g/mol. The van der Waals surface area contributed by atoms with Gasteiger partial charge in [-0.25, -0.2) is 0 Å². The molecule has 86 valence electrons. The molecule has 3 aromatic rings. The highest BCUT2D eigenvalue weighted by molar-refractivity contribution is 7.27. The molecule has 3 aromatic heterocycles. The summed E-state index contributed by atoms with van der Waals surface area (Å²) in [5, 5.41) is 11.6. The molecule has 0 fully saturated rings. The third-order valence-corrected chi connectivity index (χ3v) is 4.40. The summed E-state index contributed by atoms with van der Waals surface area (Å²) in [6.45, 7) is 1.89. The number of H-pyrrole nitrogens is 1. The summed E-state index contributed by atoms with van der Waals surface area (Å²) in [7, 11) is 0. The summed E-state index contributed by atoms with van der Waals surface area (Å²) >= 11 is 3.14. The topological polar surface area (TPSA) is 57.8 Å². The molecule has 1 amide bonds. The van der Waals surface area contributed by atoms with Crippen molar-refractivity contribution in [2.75, 3.05) is 5.32 Å². The number of carbonyl (C=O) groups excluding carboxylic acids is 1. The van der Waals surface area contributed by atoms with Crippen LogP contribution in [0.5, 0.6) is 0 Å². The average Bonchev–Trinajstić information content (AvgIpc) is 2.92. The Morgan fingerprint density at radius 3 is 3.00 bits per heavy atom. The quantitative estimate of drug-likeness (QED) is 0.745. The number of hydrogen-bond donors (Lipinski definition) is 2. The van der Waals surface area contributed by atoms with E-state index in [1.807, 2.05) is 24.4 Å². The maximum atomic E-state index is 11.9. The van der Waals surface area contributed by atoms with Crippen LogP contribution in [0.3, 0.4) is 0 Å². The first-order chi connectivity index (χ1) is 8.22. The molecule has 0 spiro atoms. The van der Waals surface area contributed by atoms with Crippen molar-refractivity contribution in [1.82, 2.24) is 10.2 Å². The summed E-state index contributed by atoms with van der Waals surface area (Å²) < 4.78 is 2.30. The van der Waals surface area contributed by atoms with Gasteiger partial charge in [-0.05, 0) is 24.4 Å². The minimum Gasteiger partial charge on any atom is -0.304 e. The summed E-state index contributed by atoms with van der Waals surface area (Å²) in [6, 6.07) is 5.74. The van der Waals surface area contributed by atoms with Crippen LogP contribution in [0.25, 0.3) is 9.40 Å². The van der Waals surface area contributed by atoms with Crippen molar-refractivity contribution in [3.63, 3.8) is 0 Å². The summed E-state index contributed by atoms with van der Waals surface area (Å²) in [5.74, 6) is 0.453. The maximum absolute atomic E-state index is 11.9. The lowest BCUT2D eigenvalue weighted by molar-refractivity contribution is 0.103. The lowest BCUT2D eigenvalue weighted by atomic mass is 10.4. The molecular formula is C11H9N3OS2. The number of carbonyl (C=O) groups is 1. The molecule has 0 unspecified atom stereocenters. The third kappa shape index (κ3) is 1.96. The van der Waals surface area contributed by atoms with E-state index in [9.17, 15) is 4.79 Å². The first kappa shape index (κ1) is 10.5. The number of hydrogen-bond acceptors (Lipinski definition) is 4. The summed E-state index contributed by atoms with van der Waals surface area (Å²) in [5.41, 5.74) is 0.924. The maximum Gasteiger partial charge on any atom is 0.267 e. The largest absolute Gasteiger partial charge is 0.304 e. The van der Waals surface area contributed by atoms with Crippen molar-refractivity contribution in [2.24, 2.45) is 0 Å². The summed E-state index contributed by atoms with van der Waals surface area (Å²) in [6.07, 6.45) is 0. The van der Waals surface area contributed by atoms with Crippen molar-refractivity contribution in [3.8, 4) is 0 Å². The molecule has 0 aliphatic carbocycles. The molecule has 0 bridgehead atoms. The highest BCUT2D eigenvalue weighted by Gasteiger charge is 2.12. The van der Waals surface area contributed by atoms with E-state index in [0.29, 0.717) is 10.7 Å². The fraction of sp³-hybridized carbons (Fsp3) is 0.0909. The standard InChI is InChI=1S/C11H9N3OS2/c1-6-4-10(14-13-6)12-11(15)9-5-8-7(17-9)2-3-16-8/h2-5H,1H3,(H2,12,13,14,15). The Hall–Kier alpha value is -1.66. The zero-order valence-electron chi connectivity index (χ0n) is 8.98. The number of thiophene rings is 2. The van der Waals surface area contributed by atoms with E-state index >= 15 is 0 Å². The van der Waals surface area contributed by atoms with Crippen molar-refractivity contribution in [3.05, 3.63) is 34.2 Å². The van der Waals surface area contributed by atoms with E-state index in [0.717, 1.165) is 15.1 Å². The van der Waals surface area contributed by atoms with Gasteiger partial charge in [0.05, 0.1) is 4.88 Å². The van der Waals surface area contributed by atoms with Crippen LogP contribution < -0.4 is 5.32 Å². The van der Waals surface area contributed by atoms with Crippen LogP contribution in [0.15, 0.2) is 23.6 Å². The van der Waals surface area contributed by atoms with E-state index in [4.69, 9.17) is 0 Å². The van der Waals surface area contributed by atoms with Gasteiger partial charge in [0.2, 0.25) is 0 Å². The van der Waals surface area contributed by atoms with Crippen molar-refractivity contribution < 1.29 is 4.79 Å².